The number of halogens is 1. The van der Waals surface area contributed by atoms with E-state index >= 15 is 0 Å². The minimum absolute atomic E-state index is 0.0846. The number of aliphatic hydroxyl groups excluding tert-OH is 1. The van der Waals surface area contributed by atoms with Crippen molar-refractivity contribution in [3.63, 3.8) is 0 Å². The lowest BCUT2D eigenvalue weighted by molar-refractivity contribution is -0.125. The first-order valence-electron chi connectivity index (χ1n) is 5.41. The number of pyridine rings is 1. The molecule has 5 heteroatoms. The van der Waals surface area contributed by atoms with E-state index in [0.717, 1.165) is 15.7 Å². The van der Waals surface area contributed by atoms with Gasteiger partial charge in [-0.2, -0.15) is 0 Å². The third kappa shape index (κ3) is 3.78. The highest BCUT2D eigenvalue weighted by Crippen LogP contribution is 2.23. The van der Waals surface area contributed by atoms with Crippen LogP contribution in [0, 0.1) is 5.41 Å². The monoisotopic (exact) mass is 300 g/mol. The maximum Gasteiger partial charge on any atom is 0.223 e. The molecular formula is C12H17BrN2O2. The zero-order valence-electron chi connectivity index (χ0n) is 10.0. The molecule has 17 heavy (non-hydrogen) atoms. The summed E-state index contributed by atoms with van der Waals surface area (Å²) >= 11 is 3.37. The fourth-order valence-electron chi connectivity index (χ4n) is 1.48. The molecule has 0 bridgehead atoms. The Balaban J connectivity index is 2.93. The summed E-state index contributed by atoms with van der Waals surface area (Å²) in [6.07, 6.45) is 2.75. The standard InChI is InChI=1S/C12H17BrN2O2/c1-12(2,11(14)17)6-9-5-8(3-4-16)10(13)7-15-9/h5,7,16H,3-4,6H2,1-2H3,(H2,14,17). The fourth-order valence-corrected chi connectivity index (χ4v) is 1.89. The number of nitrogens with zero attached hydrogens (tertiary/aromatic N) is 1. The molecule has 1 heterocycles. The van der Waals surface area contributed by atoms with Gasteiger partial charge in [0, 0.05) is 34.8 Å². The lowest BCUT2D eigenvalue weighted by Crippen LogP contribution is -2.33. The van der Waals surface area contributed by atoms with Gasteiger partial charge < -0.3 is 10.8 Å². The molecule has 0 spiro atoms. The van der Waals surface area contributed by atoms with Crippen LogP contribution in [-0.4, -0.2) is 22.6 Å². The fraction of sp³-hybridized carbons (Fsp3) is 0.500. The number of aromatic nitrogens is 1. The van der Waals surface area contributed by atoms with E-state index in [1.165, 1.54) is 0 Å². The van der Waals surface area contributed by atoms with Gasteiger partial charge in [0.2, 0.25) is 5.91 Å². The number of carbonyl (C=O) groups is 1. The highest BCUT2D eigenvalue weighted by atomic mass is 79.9. The van der Waals surface area contributed by atoms with Crippen LogP contribution in [0.25, 0.3) is 0 Å². The molecule has 0 aliphatic rings. The second kappa shape index (κ2) is 5.60. The largest absolute Gasteiger partial charge is 0.396 e. The summed E-state index contributed by atoms with van der Waals surface area (Å²) in [7, 11) is 0. The number of rotatable bonds is 5. The van der Waals surface area contributed by atoms with Crippen LogP contribution >= 0.6 is 15.9 Å². The van der Waals surface area contributed by atoms with Crippen LogP contribution < -0.4 is 5.73 Å². The molecule has 94 valence electrons. The van der Waals surface area contributed by atoms with Crippen molar-refractivity contribution in [2.45, 2.75) is 26.7 Å². The van der Waals surface area contributed by atoms with Crippen molar-refractivity contribution >= 4 is 21.8 Å². The molecule has 0 saturated heterocycles. The number of carbonyl (C=O) groups excluding carboxylic acids is 1. The predicted octanol–water partition coefficient (Wildman–Crippen LogP) is 1.43. The number of nitrogens with two attached hydrogens (primary N) is 1. The van der Waals surface area contributed by atoms with Gasteiger partial charge in [-0.25, -0.2) is 0 Å². The van der Waals surface area contributed by atoms with Crippen LogP contribution in [-0.2, 0) is 17.6 Å². The van der Waals surface area contributed by atoms with E-state index in [9.17, 15) is 4.79 Å². The van der Waals surface area contributed by atoms with Gasteiger partial charge in [0.15, 0.2) is 0 Å². The first-order chi connectivity index (χ1) is 7.86. The highest BCUT2D eigenvalue weighted by Gasteiger charge is 2.26. The number of hydrogen-bond acceptors (Lipinski definition) is 3. The summed E-state index contributed by atoms with van der Waals surface area (Å²) in [4.78, 5) is 15.5. The van der Waals surface area contributed by atoms with Crippen molar-refractivity contribution < 1.29 is 9.90 Å². The molecule has 0 radical (unpaired) electrons. The van der Waals surface area contributed by atoms with E-state index in [2.05, 4.69) is 20.9 Å². The lowest BCUT2D eigenvalue weighted by Gasteiger charge is -2.20. The zero-order chi connectivity index (χ0) is 13.1. The Morgan fingerprint density at radius 3 is 2.76 bits per heavy atom. The average molecular weight is 301 g/mol. The minimum atomic E-state index is -0.614. The maximum absolute atomic E-state index is 11.2. The lowest BCUT2D eigenvalue weighted by atomic mass is 9.86. The quantitative estimate of drug-likeness (QED) is 0.864. The third-order valence-corrected chi connectivity index (χ3v) is 3.38. The molecule has 0 saturated carbocycles. The van der Waals surface area contributed by atoms with Gasteiger partial charge in [-0.3, -0.25) is 9.78 Å². The van der Waals surface area contributed by atoms with Crippen molar-refractivity contribution in [3.8, 4) is 0 Å². The molecule has 0 atom stereocenters. The average Bonchev–Trinajstić information content (AvgIpc) is 2.23. The second-order valence-electron chi connectivity index (χ2n) is 4.67. The van der Waals surface area contributed by atoms with E-state index in [0.29, 0.717) is 12.8 Å². The summed E-state index contributed by atoms with van der Waals surface area (Å²) in [6.45, 7) is 3.68. The summed E-state index contributed by atoms with van der Waals surface area (Å²) in [6, 6.07) is 1.89. The molecule has 0 fully saturated rings. The minimum Gasteiger partial charge on any atom is -0.396 e. The van der Waals surface area contributed by atoms with Gasteiger partial charge >= 0.3 is 0 Å². The third-order valence-electron chi connectivity index (χ3n) is 2.66. The van der Waals surface area contributed by atoms with Crippen LogP contribution in [0.2, 0.25) is 0 Å². The molecule has 0 aromatic carbocycles. The molecular weight excluding hydrogens is 284 g/mol. The highest BCUT2D eigenvalue weighted by molar-refractivity contribution is 9.10. The molecule has 3 N–H and O–H groups in total. The number of hydrogen-bond donors (Lipinski definition) is 2. The number of aliphatic hydroxyl groups is 1. The summed E-state index contributed by atoms with van der Waals surface area (Å²) in [5.41, 5.74) is 6.50. The Hall–Kier alpha value is -0.940. The zero-order valence-corrected chi connectivity index (χ0v) is 11.6. The topological polar surface area (TPSA) is 76.2 Å². The van der Waals surface area contributed by atoms with Crippen molar-refractivity contribution in [1.29, 1.82) is 0 Å². The van der Waals surface area contributed by atoms with E-state index in [-0.39, 0.29) is 12.5 Å². The van der Waals surface area contributed by atoms with Gasteiger partial charge in [0.25, 0.3) is 0 Å². The van der Waals surface area contributed by atoms with Gasteiger partial charge in [-0.15, -0.1) is 0 Å². The number of primary amides is 1. The molecule has 1 aromatic rings. The number of amides is 1. The SMILES string of the molecule is CC(C)(Cc1cc(CCO)c(Br)cn1)C(N)=O. The van der Waals surface area contributed by atoms with E-state index < -0.39 is 5.41 Å². The smallest absolute Gasteiger partial charge is 0.223 e. The Bertz CT molecular complexity index is 419. The summed E-state index contributed by atoms with van der Waals surface area (Å²) < 4.78 is 0.868. The van der Waals surface area contributed by atoms with E-state index in [1.807, 2.05) is 6.07 Å². The van der Waals surface area contributed by atoms with Gasteiger partial charge in [0.05, 0.1) is 0 Å². The molecule has 1 amide bonds. The van der Waals surface area contributed by atoms with Crippen LogP contribution in [0.15, 0.2) is 16.7 Å². The van der Waals surface area contributed by atoms with E-state index in [1.54, 1.807) is 20.0 Å². The Kier molecular flexibility index (Phi) is 4.65. The molecule has 0 unspecified atom stereocenters. The van der Waals surface area contributed by atoms with Gasteiger partial charge in [-0.1, -0.05) is 13.8 Å². The maximum atomic E-state index is 11.2. The molecule has 1 aromatic heterocycles. The first-order valence-corrected chi connectivity index (χ1v) is 6.20. The van der Waals surface area contributed by atoms with Crippen LogP contribution in [0.4, 0.5) is 0 Å². The summed E-state index contributed by atoms with van der Waals surface area (Å²) in [5, 5.41) is 8.94. The normalized spacial score (nSPS) is 11.5. The van der Waals surface area contributed by atoms with Crippen molar-refractivity contribution in [2.75, 3.05) is 6.61 Å². The van der Waals surface area contributed by atoms with Crippen LogP contribution in [0.5, 0.6) is 0 Å². The summed E-state index contributed by atoms with van der Waals surface area (Å²) in [5.74, 6) is -0.342. The Morgan fingerprint density at radius 2 is 2.24 bits per heavy atom. The van der Waals surface area contributed by atoms with Crippen molar-refractivity contribution in [3.05, 3.63) is 28.0 Å². The van der Waals surface area contributed by atoms with Crippen molar-refractivity contribution in [1.82, 2.24) is 4.98 Å². The van der Waals surface area contributed by atoms with Crippen molar-refractivity contribution in [2.24, 2.45) is 11.1 Å². The van der Waals surface area contributed by atoms with Gasteiger partial charge in [0.1, 0.15) is 0 Å². The Morgan fingerprint density at radius 1 is 1.59 bits per heavy atom. The van der Waals surface area contributed by atoms with Gasteiger partial charge in [-0.05, 0) is 34.0 Å². The molecule has 1 rings (SSSR count). The molecule has 0 aliphatic carbocycles. The predicted molar refractivity (Wildman–Crippen MR) is 69.4 cm³/mol. The molecule has 0 aliphatic heterocycles. The second-order valence-corrected chi connectivity index (χ2v) is 5.52. The molecule has 4 nitrogen and oxygen atoms in total. The van der Waals surface area contributed by atoms with Crippen LogP contribution in [0.1, 0.15) is 25.1 Å². The van der Waals surface area contributed by atoms with E-state index in [4.69, 9.17) is 10.8 Å². The first kappa shape index (κ1) is 14.1. The Labute approximate surface area is 109 Å². The van der Waals surface area contributed by atoms with Crippen LogP contribution in [0.3, 0.4) is 0 Å².